The zero-order valence-corrected chi connectivity index (χ0v) is 13.6. The first-order valence-electron chi connectivity index (χ1n) is 7.41. The third-order valence-electron chi connectivity index (χ3n) is 3.86. The Morgan fingerprint density at radius 2 is 2.05 bits per heavy atom. The first kappa shape index (κ1) is 16.1. The Labute approximate surface area is 136 Å². The number of halogens is 1. The van der Waals surface area contributed by atoms with Gasteiger partial charge < -0.3 is 10.2 Å². The number of hydrogen-bond acceptors (Lipinski definition) is 2. The van der Waals surface area contributed by atoms with E-state index < -0.39 is 0 Å². The molecule has 0 amide bonds. The second-order valence-electron chi connectivity index (χ2n) is 5.30. The lowest BCUT2D eigenvalue weighted by Gasteiger charge is -2.36. The molecule has 1 N–H and O–H groups in total. The van der Waals surface area contributed by atoms with E-state index in [1.807, 2.05) is 24.3 Å². The highest BCUT2D eigenvalue weighted by molar-refractivity contribution is 7.80. The molecule has 0 radical (unpaired) electrons. The van der Waals surface area contributed by atoms with E-state index in [1.54, 1.807) is 0 Å². The number of nitriles is 1. The van der Waals surface area contributed by atoms with Crippen LogP contribution in [-0.2, 0) is 0 Å². The molecule has 0 bridgehead atoms. The minimum atomic E-state index is 0.439. The van der Waals surface area contributed by atoms with Gasteiger partial charge in [-0.25, -0.2) is 0 Å². The van der Waals surface area contributed by atoms with Crippen molar-refractivity contribution in [2.45, 2.75) is 44.6 Å². The Balaban J connectivity index is 2.06. The summed E-state index contributed by atoms with van der Waals surface area (Å²) in [6, 6.07) is 10.2. The summed E-state index contributed by atoms with van der Waals surface area (Å²) in [4.78, 5) is 2.17. The highest BCUT2D eigenvalue weighted by atomic mass is 35.5. The van der Waals surface area contributed by atoms with Crippen LogP contribution in [0.3, 0.4) is 0 Å². The molecule has 5 heteroatoms. The average Bonchev–Trinajstić information content (AvgIpc) is 2.51. The molecule has 1 aliphatic carbocycles. The van der Waals surface area contributed by atoms with Gasteiger partial charge in [0.25, 0.3) is 0 Å². The standard InChI is InChI=1S/C16H20ClN3S/c17-14-9-4-5-10-15(14)19-16(21)20(12-6-11-18)13-7-2-1-3-8-13/h4-5,9-10,13H,1-3,6-8,12H2,(H,19,21). The van der Waals surface area contributed by atoms with Crippen molar-refractivity contribution in [1.29, 1.82) is 5.26 Å². The lowest BCUT2D eigenvalue weighted by molar-refractivity contribution is 0.250. The molecular weight excluding hydrogens is 302 g/mol. The summed E-state index contributed by atoms with van der Waals surface area (Å²) in [7, 11) is 0. The number of benzene rings is 1. The molecule has 0 aromatic heterocycles. The molecule has 1 aromatic carbocycles. The van der Waals surface area contributed by atoms with E-state index in [1.165, 1.54) is 19.3 Å². The van der Waals surface area contributed by atoms with Crippen LogP contribution in [0.25, 0.3) is 0 Å². The van der Waals surface area contributed by atoms with Crippen molar-refractivity contribution in [2.75, 3.05) is 11.9 Å². The number of anilines is 1. The van der Waals surface area contributed by atoms with Crippen LogP contribution >= 0.6 is 23.8 Å². The summed E-state index contributed by atoms with van der Waals surface area (Å²) < 4.78 is 0. The number of hydrogen-bond donors (Lipinski definition) is 1. The maximum Gasteiger partial charge on any atom is 0.173 e. The monoisotopic (exact) mass is 321 g/mol. The Hall–Kier alpha value is -1.31. The zero-order chi connectivity index (χ0) is 15.1. The first-order chi connectivity index (χ1) is 10.2. The van der Waals surface area contributed by atoms with Crippen LogP contribution in [0.5, 0.6) is 0 Å². The topological polar surface area (TPSA) is 39.1 Å². The van der Waals surface area contributed by atoms with E-state index >= 15 is 0 Å². The van der Waals surface area contributed by atoms with Crippen LogP contribution < -0.4 is 5.32 Å². The fourth-order valence-corrected chi connectivity index (χ4v) is 3.30. The molecule has 0 unspecified atom stereocenters. The minimum Gasteiger partial charge on any atom is -0.345 e. The van der Waals surface area contributed by atoms with Gasteiger partial charge in [0, 0.05) is 12.6 Å². The SMILES string of the molecule is N#CCCN(C(=S)Nc1ccccc1Cl)C1CCCCC1. The number of nitrogens with one attached hydrogen (secondary N) is 1. The van der Waals surface area contributed by atoms with Gasteiger partial charge in [-0.15, -0.1) is 0 Å². The maximum absolute atomic E-state index is 8.87. The largest absolute Gasteiger partial charge is 0.345 e. The van der Waals surface area contributed by atoms with E-state index in [2.05, 4.69) is 16.3 Å². The summed E-state index contributed by atoms with van der Waals surface area (Å²) in [6.45, 7) is 0.678. The molecule has 112 valence electrons. The molecule has 2 rings (SSSR count). The van der Waals surface area contributed by atoms with Crippen molar-refractivity contribution in [1.82, 2.24) is 4.90 Å². The average molecular weight is 322 g/mol. The van der Waals surface area contributed by atoms with Gasteiger partial charge >= 0.3 is 0 Å². The zero-order valence-electron chi connectivity index (χ0n) is 12.0. The summed E-state index contributed by atoms with van der Waals surface area (Å²) in [5.74, 6) is 0. The van der Waals surface area contributed by atoms with Gasteiger partial charge in [0.2, 0.25) is 0 Å². The molecule has 3 nitrogen and oxygen atoms in total. The van der Waals surface area contributed by atoms with Crippen molar-refractivity contribution < 1.29 is 0 Å². The van der Waals surface area contributed by atoms with Crippen LogP contribution in [0.1, 0.15) is 38.5 Å². The predicted octanol–water partition coefficient (Wildman–Crippen LogP) is 4.59. The summed E-state index contributed by atoms with van der Waals surface area (Å²) >= 11 is 11.7. The van der Waals surface area contributed by atoms with Gasteiger partial charge in [-0.1, -0.05) is 43.0 Å². The highest BCUT2D eigenvalue weighted by Crippen LogP contribution is 2.25. The maximum atomic E-state index is 8.87. The molecule has 0 aliphatic heterocycles. The molecule has 0 spiro atoms. The third kappa shape index (κ3) is 4.59. The molecular formula is C16H20ClN3S. The molecule has 21 heavy (non-hydrogen) atoms. The molecule has 1 aliphatic rings. The molecule has 0 atom stereocenters. The number of nitrogens with zero attached hydrogens (tertiary/aromatic N) is 2. The van der Waals surface area contributed by atoms with Crippen molar-refractivity contribution in [3.8, 4) is 6.07 Å². The van der Waals surface area contributed by atoms with E-state index in [-0.39, 0.29) is 0 Å². The second-order valence-corrected chi connectivity index (χ2v) is 6.10. The van der Waals surface area contributed by atoms with Crippen LogP contribution in [-0.4, -0.2) is 22.6 Å². The highest BCUT2D eigenvalue weighted by Gasteiger charge is 2.23. The predicted molar refractivity (Wildman–Crippen MR) is 91.5 cm³/mol. The lowest BCUT2D eigenvalue weighted by Crippen LogP contribution is -2.44. The smallest absolute Gasteiger partial charge is 0.173 e. The van der Waals surface area contributed by atoms with Gasteiger partial charge in [-0.2, -0.15) is 5.26 Å². The molecule has 1 aromatic rings. The number of thiocarbonyl (C=S) groups is 1. The minimum absolute atomic E-state index is 0.439. The van der Waals surface area contributed by atoms with E-state index in [4.69, 9.17) is 29.1 Å². The van der Waals surface area contributed by atoms with Gasteiger partial charge in [-0.05, 0) is 37.2 Å². The van der Waals surface area contributed by atoms with Crippen molar-refractivity contribution in [3.05, 3.63) is 29.3 Å². The molecule has 1 fully saturated rings. The fraction of sp³-hybridized carbons (Fsp3) is 0.500. The summed E-state index contributed by atoms with van der Waals surface area (Å²) in [5.41, 5.74) is 0.821. The summed E-state index contributed by atoms with van der Waals surface area (Å²) in [6.07, 6.45) is 6.56. The Kier molecular flexibility index (Phi) is 6.28. The fourth-order valence-electron chi connectivity index (χ4n) is 2.76. The quantitative estimate of drug-likeness (QED) is 0.823. The second kappa shape index (κ2) is 8.21. The summed E-state index contributed by atoms with van der Waals surface area (Å²) in [5, 5.41) is 13.4. The number of rotatable bonds is 4. The third-order valence-corrected chi connectivity index (χ3v) is 4.52. The molecule has 0 saturated heterocycles. The Morgan fingerprint density at radius 3 is 2.71 bits per heavy atom. The van der Waals surface area contributed by atoms with Crippen LogP contribution in [0.4, 0.5) is 5.69 Å². The van der Waals surface area contributed by atoms with Crippen LogP contribution in [0.2, 0.25) is 5.02 Å². The van der Waals surface area contributed by atoms with Crippen LogP contribution in [0, 0.1) is 11.3 Å². The Morgan fingerprint density at radius 1 is 1.33 bits per heavy atom. The number of para-hydroxylation sites is 1. The molecule has 1 saturated carbocycles. The lowest BCUT2D eigenvalue weighted by atomic mass is 9.94. The van der Waals surface area contributed by atoms with Gasteiger partial charge in [0.15, 0.2) is 5.11 Å². The van der Waals surface area contributed by atoms with Crippen molar-refractivity contribution in [3.63, 3.8) is 0 Å². The normalized spacial score (nSPS) is 15.2. The van der Waals surface area contributed by atoms with Gasteiger partial charge in [-0.3, -0.25) is 0 Å². The van der Waals surface area contributed by atoms with Crippen molar-refractivity contribution >= 4 is 34.6 Å². The van der Waals surface area contributed by atoms with Gasteiger partial charge in [0.1, 0.15) is 0 Å². The van der Waals surface area contributed by atoms with Gasteiger partial charge in [0.05, 0.1) is 23.2 Å². The molecule has 0 heterocycles. The van der Waals surface area contributed by atoms with E-state index in [9.17, 15) is 0 Å². The van der Waals surface area contributed by atoms with E-state index in [0.717, 1.165) is 18.5 Å². The van der Waals surface area contributed by atoms with E-state index in [0.29, 0.717) is 29.1 Å². The first-order valence-corrected chi connectivity index (χ1v) is 8.20. The van der Waals surface area contributed by atoms with Crippen molar-refractivity contribution in [2.24, 2.45) is 0 Å². The van der Waals surface area contributed by atoms with Crippen LogP contribution in [0.15, 0.2) is 24.3 Å². The Bertz CT molecular complexity index is 520.